The van der Waals surface area contributed by atoms with Gasteiger partial charge in [-0.1, -0.05) is 22.7 Å². The quantitative estimate of drug-likeness (QED) is 0.216. The molecule has 0 amide bonds. The molecular formula is C27H20N6O5S2. The molecule has 0 aliphatic carbocycles. The molecule has 6 aromatic rings. The molecule has 0 bridgehead atoms. The van der Waals surface area contributed by atoms with Crippen LogP contribution >= 0.6 is 22.7 Å². The van der Waals surface area contributed by atoms with Crippen molar-refractivity contribution in [3.8, 4) is 55.5 Å². The number of pyridine rings is 2. The minimum absolute atomic E-state index is 0.225. The van der Waals surface area contributed by atoms with Crippen LogP contribution in [0.15, 0.2) is 70.2 Å². The van der Waals surface area contributed by atoms with E-state index in [2.05, 4.69) is 19.9 Å². The van der Waals surface area contributed by atoms with Crippen molar-refractivity contribution in [1.82, 2.24) is 19.9 Å². The monoisotopic (exact) mass is 572 g/mol. The van der Waals surface area contributed by atoms with Gasteiger partial charge in [0.2, 0.25) is 11.8 Å². The summed E-state index contributed by atoms with van der Waals surface area (Å²) in [6.07, 6.45) is 6.08. The number of hydrogen-bond donors (Lipinski definition) is 2. The van der Waals surface area contributed by atoms with Gasteiger partial charge in [0, 0.05) is 23.5 Å². The Balaban J connectivity index is 1.59. The van der Waals surface area contributed by atoms with E-state index in [1.54, 1.807) is 36.4 Å². The van der Waals surface area contributed by atoms with Gasteiger partial charge in [-0.05, 0) is 36.4 Å². The molecule has 11 nitrogen and oxygen atoms in total. The van der Waals surface area contributed by atoms with Crippen molar-refractivity contribution >= 4 is 38.7 Å². The first-order valence-corrected chi connectivity index (χ1v) is 13.3. The summed E-state index contributed by atoms with van der Waals surface area (Å²) in [6.45, 7) is 0. The zero-order valence-corrected chi connectivity index (χ0v) is 22.7. The first kappa shape index (κ1) is 25.3. The van der Waals surface area contributed by atoms with E-state index in [0.29, 0.717) is 65.2 Å². The van der Waals surface area contributed by atoms with E-state index in [9.17, 15) is 4.79 Å². The molecule has 6 heterocycles. The summed E-state index contributed by atoms with van der Waals surface area (Å²) in [5.41, 5.74) is 14.6. The number of ketones is 1. The molecule has 0 aliphatic heterocycles. The van der Waals surface area contributed by atoms with Crippen LogP contribution in [0.1, 0.15) is 15.9 Å². The normalized spacial score (nSPS) is 11.1. The fraction of sp³-hybridized carbons (Fsp3) is 0.0741. The second-order valence-electron chi connectivity index (χ2n) is 8.23. The SMILES string of the molecule is COc1nccc(C(=O)c2ccnc(OC)c2-c2sc(N)nc2-c2ccco2)c1-c1sc(N)nc1-c1ccco1. The highest BCUT2D eigenvalue weighted by Crippen LogP contribution is 2.46. The number of ether oxygens (including phenoxy) is 2. The van der Waals surface area contributed by atoms with Crippen LogP contribution in [0.25, 0.3) is 43.8 Å². The summed E-state index contributed by atoms with van der Waals surface area (Å²) >= 11 is 2.39. The number of nitrogens with two attached hydrogens (primary N) is 2. The summed E-state index contributed by atoms with van der Waals surface area (Å²) in [5.74, 6) is 1.08. The number of thiazole rings is 2. The summed E-state index contributed by atoms with van der Waals surface area (Å²) in [5, 5.41) is 0.584. The van der Waals surface area contributed by atoms with Crippen molar-refractivity contribution in [2.45, 2.75) is 0 Å². The van der Waals surface area contributed by atoms with Gasteiger partial charge in [0.15, 0.2) is 27.6 Å². The van der Waals surface area contributed by atoms with Crippen molar-refractivity contribution in [2.24, 2.45) is 0 Å². The van der Waals surface area contributed by atoms with Crippen LogP contribution in [0.2, 0.25) is 0 Å². The summed E-state index contributed by atoms with van der Waals surface area (Å²) in [6, 6.07) is 10.2. The molecule has 0 saturated heterocycles. The van der Waals surface area contributed by atoms with E-state index in [-0.39, 0.29) is 17.5 Å². The third-order valence-corrected chi connectivity index (χ3v) is 7.76. The molecule has 200 valence electrons. The van der Waals surface area contributed by atoms with Gasteiger partial charge in [0.05, 0.1) is 47.6 Å². The Labute approximate surface area is 235 Å². The summed E-state index contributed by atoms with van der Waals surface area (Å²) < 4.78 is 22.4. The number of aromatic nitrogens is 4. The number of carbonyl (C=O) groups excluding carboxylic acids is 1. The zero-order chi connectivity index (χ0) is 27.8. The smallest absolute Gasteiger partial charge is 0.222 e. The van der Waals surface area contributed by atoms with Gasteiger partial charge in [-0.15, -0.1) is 0 Å². The first-order chi connectivity index (χ1) is 19.5. The van der Waals surface area contributed by atoms with E-state index in [4.69, 9.17) is 29.8 Å². The molecule has 0 atom stereocenters. The highest BCUT2D eigenvalue weighted by Gasteiger charge is 2.30. The molecule has 0 unspecified atom stereocenters. The third kappa shape index (κ3) is 4.26. The second-order valence-corrected chi connectivity index (χ2v) is 10.3. The molecule has 0 fully saturated rings. The van der Waals surface area contributed by atoms with Crippen LogP contribution in [-0.2, 0) is 0 Å². The summed E-state index contributed by atoms with van der Waals surface area (Å²) in [7, 11) is 2.96. The van der Waals surface area contributed by atoms with E-state index >= 15 is 0 Å². The van der Waals surface area contributed by atoms with E-state index < -0.39 is 0 Å². The number of hydrogen-bond acceptors (Lipinski definition) is 13. The lowest BCUT2D eigenvalue weighted by Crippen LogP contribution is -2.09. The lowest BCUT2D eigenvalue weighted by atomic mass is 9.94. The van der Waals surface area contributed by atoms with Gasteiger partial charge in [0.25, 0.3) is 0 Å². The van der Waals surface area contributed by atoms with Crippen LogP contribution in [0.3, 0.4) is 0 Å². The maximum Gasteiger partial charge on any atom is 0.222 e. The van der Waals surface area contributed by atoms with E-state index in [1.807, 2.05) is 0 Å². The molecular weight excluding hydrogens is 552 g/mol. The summed E-state index contributed by atoms with van der Waals surface area (Å²) in [4.78, 5) is 33.3. The van der Waals surface area contributed by atoms with Gasteiger partial charge >= 0.3 is 0 Å². The fourth-order valence-corrected chi connectivity index (χ4v) is 6.11. The fourth-order valence-electron chi connectivity index (χ4n) is 4.33. The maximum absolute atomic E-state index is 14.5. The first-order valence-electron chi connectivity index (χ1n) is 11.7. The molecule has 0 aliphatic rings. The molecule has 40 heavy (non-hydrogen) atoms. The van der Waals surface area contributed by atoms with Gasteiger partial charge in [-0.3, -0.25) is 4.79 Å². The van der Waals surface area contributed by atoms with Gasteiger partial charge in [0.1, 0.15) is 11.4 Å². The zero-order valence-electron chi connectivity index (χ0n) is 21.1. The van der Waals surface area contributed by atoms with Crippen molar-refractivity contribution in [1.29, 1.82) is 0 Å². The van der Waals surface area contributed by atoms with Crippen molar-refractivity contribution in [3.05, 3.63) is 72.4 Å². The number of nitrogen functional groups attached to an aromatic ring is 2. The van der Waals surface area contributed by atoms with Gasteiger partial charge in [-0.2, -0.15) is 0 Å². The highest BCUT2D eigenvalue weighted by molar-refractivity contribution is 7.19. The number of carbonyl (C=O) groups is 1. The van der Waals surface area contributed by atoms with Crippen molar-refractivity contribution in [3.63, 3.8) is 0 Å². The van der Waals surface area contributed by atoms with Crippen LogP contribution in [-0.4, -0.2) is 39.9 Å². The number of rotatable bonds is 8. The number of furan rings is 2. The molecule has 4 N–H and O–H groups in total. The van der Waals surface area contributed by atoms with E-state index in [1.165, 1.54) is 61.8 Å². The van der Waals surface area contributed by atoms with Gasteiger partial charge < -0.3 is 29.8 Å². The molecule has 13 heteroatoms. The largest absolute Gasteiger partial charge is 0.481 e. The Morgan fingerprint density at radius 2 is 1.20 bits per heavy atom. The standard InChI is InChI=1S/C27H20N6O5S2/c1-35-24-17(22-19(32-26(28)39-22)15-5-3-11-37-15)13(7-9-30-24)21(34)14-8-10-31-25(36-2)18(14)23-20(33-27(29)40-23)16-6-4-12-38-16/h3-12H,1-2H3,(H2,28,32)(H2,29,33). The Bertz CT molecular complexity index is 1690. The predicted molar refractivity (Wildman–Crippen MR) is 151 cm³/mol. The topological polar surface area (TPSA) is 165 Å². The molecule has 0 saturated carbocycles. The average Bonchev–Trinajstić information content (AvgIpc) is 3.79. The van der Waals surface area contributed by atoms with E-state index in [0.717, 1.165) is 0 Å². The molecule has 0 aromatic carbocycles. The highest BCUT2D eigenvalue weighted by atomic mass is 32.1. The molecule has 6 aromatic heterocycles. The predicted octanol–water partition coefficient (Wildman–Crippen LogP) is 5.66. The van der Waals surface area contributed by atoms with Crippen LogP contribution in [0, 0.1) is 0 Å². The maximum atomic E-state index is 14.5. The second kappa shape index (κ2) is 10.3. The third-order valence-electron chi connectivity index (χ3n) is 5.96. The van der Waals surface area contributed by atoms with Crippen LogP contribution in [0.4, 0.5) is 10.3 Å². The number of methoxy groups -OCH3 is 2. The average molecular weight is 573 g/mol. The Morgan fingerprint density at radius 1 is 0.750 bits per heavy atom. The lowest BCUT2D eigenvalue weighted by Gasteiger charge is -2.15. The Morgan fingerprint density at radius 3 is 1.57 bits per heavy atom. The van der Waals surface area contributed by atoms with Crippen molar-refractivity contribution < 1.29 is 23.1 Å². The minimum Gasteiger partial charge on any atom is -0.481 e. The minimum atomic E-state index is -0.346. The van der Waals surface area contributed by atoms with Crippen LogP contribution < -0.4 is 20.9 Å². The molecule has 0 spiro atoms. The van der Waals surface area contributed by atoms with Crippen molar-refractivity contribution in [2.75, 3.05) is 25.7 Å². The number of nitrogens with zero attached hydrogens (tertiary/aromatic N) is 4. The Hall–Kier alpha value is -5.01. The van der Waals surface area contributed by atoms with Crippen LogP contribution in [0.5, 0.6) is 11.8 Å². The lowest BCUT2D eigenvalue weighted by molar-refractivity contribution is 0.103. The van der Waals surface area contributed by atoms with Gasteiger partial charge in [-0.25, -0.2) is 19.9 Å². The Kier molecular flexibility index (Phi) is 6.50. The molecule has 0 radical (unpaired) electrons. The molecule has 6 rings (SSSR count). The number of anilines is 2.